The molecule has 5 fully saturated rings. The van der Waals surface area contributed by atoms with Gasteiger partial charge in [0.2, 0.25) is 0 Å². The Morgan fingerprint density at radius 2 is 0.955 bits per heavy atom. The van der Waals surface area contributed by atoms with Gasteiger partial charge in [-0.25, -0.2) is 0 Å². The van der Waals surface area contributed by atoms with Crippen LogP contribution in [0.5, 0.6) is 0 Å². The highest BCUT2D eigenvalue weighted by atomic mass is 16.5. The molecule has 4 N–H and O–H groups in total. The van der Waals surface area contributed by atoms with Gasteiger partial charge in [-0.3, -0.25) is 14.7 Å². The van der Waals surface area contributed by atoms with E-state index >= 15 is 0 Å². The predicted octanol–water partition coefficient (Wildman–Crippen LogP) is 7.53. The van der Waals surface area contributed by atoms with Crippen molar-refractivity contribution >= 4 is 0 Å². The molecular weight excluding hydrogens is 542 g/mol. The Morgan fingerprint density at radius 1 is 0.591 bits per heavy atom. The summed E-state index contributed by atoms with van der Waals surface area (Å²) < 4.78 is 5.74. The number of ether oxygens (including phenoxy) is 1. The highest BCUT2D eigenvalue weighted by molar-refractivity contribution is 5.02. The van der Waals surface area contributed by atoms with E-state index in [9.17, 15) is 0 Å². The lowest BCUT2D eigenvalue weighted by Crippen LogP contribution is -2.54. The van der Waals surface area contributed by atoms with Crippen LogP contribution in [0.15, 0.2) is 0 Å². The molecule has 6 heteroatoms. The summed E-state index contributed by atoms with van der Waals surface area (Å²) in [5.74, 6) is 0. The van der Waals surface area contributed by atoms with Gasteiger partial charge < -0.3 is 16.2 Å². The second-order valence-electron chi connectivity index (χ2n) is 18.9. The first-order valence-electron chi connectivity index (χ1n) is 18.0. The van der Waals surface area contributed by atoms with Gasteiger partial charge in [-0.05, 0) is 171 Å². The fourth-order valence-electron chi connectivity index (χ4n) is 8.29. The number of likely N-dealkylation sites (tertiary alicyclic amines) is 3. The van der Waals surface area contributed by atoms with E-state index in [0.717, 1.165) is 19.7 Å². The highest BCUT2D eigenvalue weighted by Gasteiger charge is 2.48. The molecule has 4 heterocycles. The van der Waals surface area contributed by atoms with Crippen LogP contribution >= 0.6 is 0 Å². The number of nitrogens with zero attached hydrogens (tertiary/aromatic N) is 3. The van der Waals surface area contributed by atoms with Gasteiger partial charge in [0.1, 0.15) is 0 Å². The van der Waals surface area contributed by atoms with E-state index in [1.54, 1.807) is 0 Å². The maximum atomic E-state index is 6.30. The summed E-state index contributed by atoms with van der Waals surface area (Å²) in [6, 6.07) is 0.717. The molecule has 1 aliphatic carbocycles. The lowest BCUT2D eigenvalue weighted by molar-refractivity contribution is 0.0288. The Balaban J connectivity index is 0.000000230. The molecule has 4 saturated heterocycles. The van der Waals surface area contributed by atoms with Gasteiger partial charge in [-0.2, -0.15) is 0 Å². The number of rotatable bonds is 0. The minimum absolute atomic E-state index is 0. The van der Waals surface area contributed by atoms with Gasteiger partial charge >= 0.3 is 0 Å². The molecule has 3 unspecified atom stereocenters. The summed E-state index contributed by atoms with van der Waals surface area (Å²) in [5, 5.41) is 0. The summed E-state index contributed by atoms with van der Waals surface area (Å²) in [7, 11) is 0. The van der Waals surface area contributed by atoms with Crippen molar-refractivity contribution in [2.75, 3.05) is 45.9 Å². The van der Waals surface area contributed by atoms with Crippen LogP contribution in [0.3, 0.4) is 0 Å². The van der Waals surface area contributed by atoms with E-state index in [-0.39, 0.29) is 30.5 Å². The molecule has 0 radical (unpaired) electrons. The van der Waals surface area contributed by atoms with Gasteiger partial charge in [0, 0.05) is 34.1 Å². The van der Waals surface area contributed by atoms with Gasteiger partial charge in [0.05, 0.1) is 12.7 Å². The fraction of sp³-hybridized carbons (Fsp3) is 1.00. The zero-order valence-corrected chi connectivity index (χ0v) is 31.0. The number of nitrogens with two attached hydrogens (primary N) is 2. The van der Waals surface area contributed by atoms with Crippen molar-refractivity contribution in [3.8, 4) is 0 Å². The molecule has 0 bridgehead atoms. The van der Waals surface area contributed by atoms with Crippen LogP contribution < -0.4 is 11.5 Å². The Morgan fingerprint density at radius 3 is 1.25 bits per heavy atom. The Hall–Kier alpha value is -0.240. The minimum Gasteiger partial charge on any atom is -0.376 e. The third-order valence-corrected chi connectivity index (χ3v) is 12.3. The Kier molecular flexibility index (Phi) is 13.5. The summed E-state index contributed by atoms with van der Waals surface area (Å²) >= 11 is 0. The third kappa shape index (κ3) is 10.1. The van der Waals surface area contributed by atoms with Crippen molar-refractivity contribution in [3.05, 3.63) is 0 Å². The van der Waals surface area contributed by atoms with E-state index in [1.165, 1.54) is 84.0 Å². The standard InChI is InChI=1S/C13H26N2O.C13H26N2.C11H23N.CH4/c1-10-11(14)13(9-16-10)5-7-15(8-6-13)12(2,3)4;1-12(2,3)15-9-7-13(8-10-15)6-4-5-11(13)14;1-10(2,3)12-8-6-11(4,5)7-9-12;/h10-11H,5-9,14H2,1-4H3;11H,4-10,14H2,1-3H3;6-9H2,1-5H3;1H4. The minimum atomic E-state index is 0. The van der Waals surface area contributed by atoms with E-state index in [4.69, 9.17) is 16.2 Å². The lowest BCUT2D eigenvalue weighted by Gasteiger charge is -2.47. The molecule has 0 aromatic carbocycles. The molecule has 44 heavy (non-hydrogen) atoms. The Labute approximate surface area is 275 Å². The maximum Gasteiger partial charge on any atom is 0.0704 e. The second kappa shape index (κ2) is 14.9. The summed E-state index contributed by atoms with van der Waals surface area (Å²) in [5.41, 5.74) is 14.9. The fourth-order valence-corrected chi connectivity index (χ4v) is 8.29. The molecule has 2 spiro atoms. The summed E-state index contributed by atoms with van der Waals surface area (Å²) in [4.78, 5) is 7.77. The van der Waals surface area contributed by atoms with Gasteiger partial charge in [0.25, 0.3) is 0 Å². The summed E-state index contributed by atoms with van der Waals surface area (Å²) in [6.45, 7) is 35.9. The molecular formula is C38H79N5O. The average Bonchev–Trinajstić information content (AvgIpc) is 3.37. The molecule has 1 saturated carbocycles. The first kappa shape index (κ1) is 39.9. The zero-order chi connectivity index (χ0) is 32.5. The topological polar surface area (TPSA) is 71.0 Å². The molecule has 3 atom stereocenters. The van der Waals surface area contributed by atoms with E-state index < -0.39 is 0 Å². The van der Waals surface area contributed by atoms with E-state index in [1.807, 2.05) is 0 Å². The monoisotopic (exact) mass is 622 g/mol. The van der Waals surface area contributed by atoms with Crippen molar-refractivity contribution in [2.24, 2.45) is 27.7 Å². The second-order valence-corrected chi connectivity index (χ2v) is 18.9. The first-order valence-corrected chi connectivity index (χ1v) is 18.0. The molecule has 4 aliphatic heterocycles. The van der Waals surface area contributed by atoms with E-state index in [0.29, 0.717) is 27.9 Å². The zero-order valence-electron chi connectivity index (χ0n) is 31.0. The van der Waals surface area contributed by atoms with Crippen LogP contribution in [-0.2, 0) is 4.74 Å². The van der Waals surface area contributed by atoms with Gasteiger partial charge in [-0.15, -0.1) is 0 Å². The van der Waals surface area contributed by atoms with Crippen molar-refractivity contribution in [1.82, 2.24) is 14.7 Å². The number of piperidine rings is 3. The molecule has 5 rings (SSSR count). The average molecular weight is 622 g/mol. The molecule has 0 aromatic heterocycles. The molecule has 5 aliphatic rings. The number of hydrogen-bond donors (Lipinski definition) is 2. The van der Waals surface area contributed by atoms with E-state index in [2.05, 4.69) is 97.8 Å². The smallest absolute Gasteiger partial charge is 0.0704 e. The van der Waals surface area contributed by atoms with Crippen molar-refractivity contribution < 1.29 is 4.74 Å². The highest BCUT2D eigenvalue weighted by Crippen LogP contribution is 2.46. The van der Waals surface area contributed by atoms with Crippen LogP contribution in [0.25, 0.3) is 0 Å². The largest absolute Gasteiger partial charge is 0.376 e. The van der Waals surface area contributed by atoms with Gasteiger partial charge in [0.15, 0.2) is 0 Å². The molecule has 0 amide bonds. The Bertz CT molecular complexity index is 840. The normalized spacial score (nSPS) is 31.1. The maximum absolute atomic E-state index is 6.30. The van der Waals surface area contributed by atoms with Crippen LogP contribution in [0.2, 0.25) is 0 Å². The molecule has 6 nitrogen and oxygen atoms in total. The lowest BCUT2D eigenvalue weighted by atomic mass is 9.73. The van der Waals surface area contributed by atoms with Gasteiger partial charge in [-0.1, -0.05) is 27.7 Å². The third-order valence-electron chi connectivity index (χ3n) is 12.3. The molecule has 262 valence electrons. The van der Waals surface area contributed by atoms with Crippen molar-refractivity contribution in [2.45, 2.75) is 183 Å². The molecule has 0 aromatic rings. The van der Waals surface area contributed by atoms with Crippen LogP contribution in [0, 0.1) is 16.2 Å². The van der Waals surface area contributed by atoms with Crippen LogP contribution in [0.1, 0.15) is 148 Å². The van der Waals surface area contributed by atoms with Crippen molar-refractivity contribution in [1.29, 1.82) is 0 Å². The van der Waals surface area contributed by atoms with Crippen LogP contribution in [0.4, 0.5) is 0 Å². The quantitative estimate of drug-likeness (QED) is 0.291. The predicted molar refractivity (Wildman–Crippen MR) is 192 cm³/mol. The first-order chi connectivity index (χ1) is 19.6. The van der Waals surface area contributed by atoms with Crippen LogP contribution in [-0.4, -0.2) is 95.4 Å². The number of hydrogen-bond acceptors (Lipinski definition) is 6. The van der Waals surface area contributed by atoms with Crippen molar-refractivity contribution in [3.63, 3.8) is 0 Å². The summed E-state index contributed by atoms with van der Waals surface area (Å²) in [6.07, 6.45) is 12.0. The SMILES string of the molecule is C.CC(C)(C)N1CCC2(CCCC2N)CC1.CC1(C)CCN(C(C)(C)C)CC1.CC1OCC2(CCN(C(C)(C)C)CC2)C1N.